The van der Waals surface area contributed by atoms with E-state index in [0.29, 0.717) is 5.92 Å². The lowest BCUT2D eigenvalue weighted by Gasteiger charge is -2.37. The van der Waals surface area contributed by atoms with Crippen molar-refractivity contribution < 1.29 is 9.53 Å². The van der Waals surface area contributed by atoms with Gasteiger partial charge in [-0.05, 0) is 44.1 Å². The molecule has 1 aromatic carbocycles. The van der Waals surface area contributed by atoms with Gasteiger partial charge in [0.15, 0.2) is 0 Å². The third-order valence-corrected chi connectivity index (χ3v) is 6.63. The molecule has 3 aliphatic rings. The molecule has 4 rings (SSSR count). The Morgan fingerprint density at radius 1 is 1.15 bits per heavy atom. The maximum absolute atomic E-state index is 12.5. The molecular formula is C23H32N2O2. The Balaban J connectivity index is 1.28. The van der Waals surface area contributed by atoms with E-state index in [0.717, 1.165) is 58.4 Å². The molecule has 4 heteroatoms. The second-order valence-electron chi connectivity index (χ2n) is 8.89. The lowest BCUT2D eigenvalue weighted by atomic mass is 9.86. The standard InChI is InChI=1S/C23H32N2O2/c1-18-3-7-20(8-4-18)15-24-13-11-23(12-14-24)17-25(22(26)27-23)16-21-9-5-19(2)6-10-21/h3-4,7-8,21H,2,5-6,9-17H2,1H3. The van der Waals surface area contributed by atoms with Crippen LogP contribution in [0.5, 0.6) is 0 Å². The highest BCUT2D eigenvalue weighted by Crippen LogP contribution is 2.35. The van der Waals surface area contributed by atoms with Crippen molar-refractivity contribution in [1.82, 2.24) is 9.80 Å². The first kappa shape index (κ1) is 18.5. The summed E-state index contributed by atoms with van der Waals surface area (Å²) in [5.41, 5.74) is 3.78. The average Bonchev–Trinajstić information content (AvgIpc) is 2.96. The van der Waals surface area contributed by atoms with Crippen LogP contribution in [-0.2, 0) is 11.3 Å². The Morgan fingerprint density at radius 2 is 1.81 bits per heavy atom. The number of allylic oxidation sites excluding steroid dienone is 1. The quantitative estimate of drug-likeness (QED) is 0.732. The van der Waals surface area contributed by atoms with Crippen LogP contribution in [0.15, 0.2) is 36.4 Å². The molecule has 0 aromatic heterocycles. The van der Waals surface area contributed by atoms with Crippen LogP contribution in [0.4, 0.5) is 4.79 Å². The van der Waals surface area contributed by atoms with Crippen molar-refractivity contribution in [3.63, 3.8) is 0 Å². The number of benzene rings is 1. The van der Waals surface area contributed by atoms with Crippen molar-refractivity contribution in [2.24, 2.45) is 5.92 Å². The normalized spacial score (nSPS) is 23.8. The van der Waals surface area contributed by atoms with Gasteiger partial charge in [0.05, 0.1) is 6.54 Å². The van der Waals surface area contributed by atoms with Gasteiger partial charge in [-0.15, -0.1) is 0 Å². The van der Waals surface area contributed by atoms with Crippen molar-refractivity contribution in [3.05, 3.63) is 47.5 Å². The number of nitrogens with zero attached hydrogens (tertiary/aromatic N) is 2. The Kier molecular flexibility index (Phi) is 5.27. The van der Waals surface area contributed by atoms with Crippen LogP contribution in [0.25, 0.3) is 0 Å². The SMILES string of the molecule is C=C1CCC(CN2CC3(CCN(Cc4ccc(C)cc4)CC3)OC2=O)CC1. The van der Waals surface area contributed by atoms with Crippen LogP contribution in [0.1, 0.15) is 49.7 Å². The van der Waals surface area contributed by atoms with Crippen molar-refractivity contribution in [1.29, 1.82) is 0 Å². The van der Waals surface area contributed by atoms with E-state index < -0.39 is 0 Å². The summed E-state index contributed by atoms with van der Waals surface area (Å²) in [5, 5.41) is 0. The number of piperidine rings is 1. The van der Waals surface area contributed by atoms with E-state index in [2.05, 4.69) is 42.7 Å². The van der Waals surface area contributed by atoms with Crippen molar-refractivity contribution in [2.75, 3.05) is 26.2 Å². The molecule has 0 unspecified atom stereocenters. The first-order chi connectivity index (χ1) is 13.0. The van der Waals surface area contributed by atoms with Crippen molar-refractivity contribution in [3.8, 4) is 0 Å². The molecule has 0 atom stereocenters. The summed E-state index contributed by atoms with van der Waals surface area (Å²) in [6.45, 7) is 10.8. The number of likely N-dealkylation sites (tertiary alicyclic amines) is 1. The summed E-state index contributed by atoms with van der Waals surface area (Å²) < 4.78 is 5.92. The Morgan fingerprint density at radius 3 is 2.48 bits per heavy atom. The van der Waals surface area contributed by atoms with Crippen LogP contribution >= 0.6 is 0 Å². The Hall–Kier alpha value is -1.81. The fraction of sp³-hybridized carbons (Fsp3) is 0.609. The van der Waals surface area contributed by atoms with Gasteiger partial charge < -0.3 is 9.64 Å². The lowest BCUT2D eigenvalue weighted by Crippen LogP contribution is -2.46. The minimum atomic E-state index is -0.251. The summed E-state index contributed by atoms with van der Waals surface area (Å²) in [6.07, 6.45) is 6.37. The van der Waals surface area contributed by atoms with Crippen LogP contribution in [0.3, 0.4) is 0 Å². The van der Waals surface area contributed by atoms with Crippen LogP contribution in [0, 0.1) is 12.8 Å². The molecule has 1 spiro atoms. The zero-order valence-electron chi connectivity index (χ0n) is 16.6. The fourth-order valence-electron chi connectivity index (χ4n) is 4.74. The highest BCUT2D eigenvalue weighted by molar-refractivity contribution is 5.70. The number of ether oxygens (including phenoxy) is 1. The fourth-order valence-corrected chi connectivity index (χ4v) is 4.74. The first-order valence-electron chi connectivity index (χ1n) is 10.4. The van der Waals surface area contributed by atoms with Gasteiger partial charge in [-0.25, -0.2) is 4.79 Å². The average molecular weight is 369 g/mol. The summed E-state index contributed by atoms with van der Waals surface area (Å²) in [5.74, 6) is 0.611. The summed E-state index contributed by atoms with van der Waals surface area (Å²) in [7, 11) is 0. The minimum Gasteiger partial charge on any atom is -0.441 e. The van der Waals surface area contributed by atoms with E-state index in [1.54, 1.807) is 0 Å². The van der Waals surface area contributed by atoms with Gasteiger partial charge in [-0.1, -0.05) is 42.0 Å². The van der Waals surface area contributed by atoms with Gasteiger partial charge in [0.2, 0.25) is 0 Å². The highest BCUT2D eigenvalue weighted by atomic mass is 16.6. The Labute approximate surface area is 163 Å². The number of carbonyl (C=O) groups is 1. The third-order valence-electron chi connectivity index (χ3n) is 6.63. The molecule has 0 bridgehead atoms. The van der Waals surface area contributed by atoms with Crippen LogP contribution in [0.2, 0.25) is 0 Å². The van der Waals surface area contributed by atoms with E-state index >= 15 is 0 Å². The van der Waals surface area contributed by atoms with E-state index in [-0.39, 0.29) is 11.7 Å². The maximum atomic E-state index is 12.5. The Bertz CT molecular complexity index is 679. The number of amides is 1. The molecule has 2 heterocycles. The minimum absolute atomic E-state index is 0.0913. The van der Waals surface area contributed by atoms with Crippen LogP contribution in [-0.4, -0.2) is 47.7 Å². The molecule has 1 amide bonds. The summed E-state index contributed by atoms with van der Waals surface area (Å²) in [6, 6.07) is 8.79. The molecule has 146 valence electrons. The molecule has 2 saturated heterocycles. The first-order valence-corrected chi connectivity index (χ1v) is 10.4. The largest absolute Gasteiger partial charge is 0.441 e. The molecule has 0 radical (unpaired) electrons. The smallest absolute Gasteiger partial charge is 0.410 e. The van der Waals surface area contributed by atoms with Gasteiger partial charge in [0.25, 0.3) is 0 Å². The van der Waals surface area contributed by atoms with E-state index in [1.165, 1.54) is 29.5 Å². The van der Waals surface area contributed by atoms with Crippen LogP contribution < -0.4 is 0 Å². The van der Waals surface area contributed by atoms with E-state index in [4.69, 9.17) is 4.74 Å². The molecule has 27 heavy (non-hydrogen) atoms. The second kappa shape index (κ2) is 7.67. The molecule has 1 aromatic rings. The number of hydrogen-bond acceptors (Lipinski definition) is 3. The molecular weight excluding hydrogens is 336 g/mol. The van der Waals surface area contributed by atoms with Gasteiger partial charge in [0.1, 0.15) is 5.60 Å². The van der Waals surface area contributed by atoms with Gasteiger partial charge in [-0.2, -0.15) is 0 Å². The second-order valence-corrected chi connectivity index (χ2v) is 8.89. The zero-order valence-corrected chi connectivity index (χ0v) is 16.6. The van der Waals surface area contributed by atoms with Crippen molar-refractivity contribution >= 4 is 6.09 Å². The number of hydrogen-bond donors (Lipinski definition) is 0. The van der Waals surface area contributed by atoms with Gasteiger partial charge >= 0.3 is 6.09 Å². The highest BCUT2D eigenvalue weighted by Gasteiger charge is 2.47. The molecule has 4 nitrogen and oxygen atoms in total. The predicted molar refractivity (Wildman–Crippen MR) is 108 cm³/mol. The molecule has 3 fully saturated rings. The monoisotopic (exact) mass is 368 g/mol. The van der Waals surface area contributed by atoms with Gasteiger partial charge in [-0.3, -0.25) is 4.90 Å². The lowest BCUT2D eigenvalue weighted by molar-refractivity contribution is -0.00127. The van der Waals surface area contributed by atoms with E-state index in [9.17, 15) is 4.79 Å². The summed E-state index contributed by atoms with van der Waals surface area (Å²) in [4.78, 5) is 16.9. The summed E-state index contributed by atoms with van der Waals surface area (Å²) >= 11 is 0. The zero-order chi connectivity index (χ0) is 18.9. The van der Waals surface area contributed by atoms with Gasteiger partial charge in [0, 0.05) is 39.0 Å². The molecule has 1 aliphatic carbocycles. The number of carbonyl (C=O) groups excluding carboxylic acids is 1. The number of rotatable bonds is 4. The van der Waals surface area contributed by atoms with E-state index in [1.807, 2.05) is 4.90 Å². The predicted octanol–water partition coefficient (Wildman–Crippen LogP) is 4.53. The number of aryl methyl sites for hydroxylation is 1. The molecule has 2 aliphatic heterocycles. The topological polar surface area (TPSA) is 32.8 Å². The third kappa shape index (κ3) is 4.37. The molecule has 0 N–H and O–H groups in total. The maximum Gasteiger partial charge on any atom is 0.410 e. The van der Waals surface area contributed by atoms with Crippen molar-refractivity contribution in [2.45, 2.75) is 57.6 Å². The molecule has 1 saturated carbocycles.